The van der Waals surface area contributed by atoms with E-state index >= 15 is 0 Å². The van der Waals surface area contributed by atoms with Crippen LogP contribution in [0, 0.1) is 32.4 Å². The summed E-state index contributed by atoms with van der Waals surface area (Å²) in [5.41, 5.74) is 9.17. The first-order valence-corrected chi connectivity index (χ1v) is 6.19. The molecule has 1 unspecified atom stereocenters. The van der Waals surface area contributed by atoms with Crippen molar-refractivity contribution in [3.05, 3.63) is 69.8 Å². The third kappa shape index (κ3) is 2.51. The molecule has 0 aliphatic carbocycles. The Morgan fingerprint density at radius 1 is 0.947 bits per heavy atom. The zero-order chi connectivity index (χ0) is 14.2. The zero-order valence-electron chi connectivity index (χ0n) is 11.3. The van der Waals surface area contributed by atoms with Gasteiger partial charge < -0.3 is 5.73 Å². The molecule has 0 saturated carbocycles. The molecule has 0 bridgehead atoms. The number of aryl methyl sites for hydroxylation is 3. The van der Waals surface area contributed by atoms with Crippen LogP contribution in [0.1, 0.15) is 33.9 Å². The smallest absolute Gasteiger partial charge is 0.134 e. The van der Waals surface area contributed by atoms with Gasteiger partial charge in [-0.1, -0.05) is 29.8 Å². The molecule has 2 rings (SSSR count). The quantitative estimate of drug-likeness (QED) is 0.870. The van der Waals surface area contributed by atoms with Crippen LogP contribution in [0.25, 0.3) is 0 Å². The number of hydrogen-bond donors (Lipinski definition) is 1. The fourth-order valence-electron chi connectivity index (χ4n) is 2.29. The van der Waals surface area contributed by atoms with Crippen molar-refractivity contribution in [1.29, 1.82) is 0 Å². The monoisotopic (exact) mass is 261 g/mol. The standard InChI is InChI=1S/C16H17F2N/c1-9-4-6-12(11(3)8-9)16(19)14-13(17)7-5-10(2)15(14)18/h4-8,16H,19H2,1-3H3. The lowest BCUT2D eigenvalue weighted by molar-refractivity contribution is 0.537. The molecule has 0 aliphatic rings. The third-order valence-electron chi connectivity index (χ3n) is 3.39. The second-order valence-corrected chi connectivity index (χ2v) is 4.93. The van der Waals surface area contributed by atoms with Crippen molar-refractivity contribution in [2.24, 2.45) is 5.73 Å². The summed E-state index contributed by atoms with van der Waals surface area (Å²) in [7, 11) is 0. The minimum atomic E-state index is -0.791. The molecule has 0 aliphatic heterocycles. The van der Waals surface area contributed by atoms with Gasteiger partial charge in [0.2, 0.25) is 0 Å². The summed E-state index contributed by atoms with van der Waals surface area (Å²) in [5.74, 6) is -1.16. The fraction of sp³-hybridized carbons (Fsp3) is 0.250. The van der Waals surface area contributed by atoms with Crippen molar-refractivity contribution in [2.75, 3.05) is 0 Å². The third-order valence-corrected chi connectivity index (χ3v) is 3.39. The van der Waals surface area contributed by atoms with E-state index < -0.39 is 17.7 Å². The average Bonchev–Trinajstić information content (AvgIpc) is 2.34. The molecule has 0 heterocycles. The Balaban J connectivity index is 2.56. The lowest BCUT2D eigenvalue weighted by Gasteiger charge is -2.18. The Labute approximate surface area is 112 Å². The molecule has 0 aromatic heterocycles. The molecule has 2 N–H and O–H groups in total. The maximum Gasteiger partial charge on any atom is 0.134 e. The Morgan fingerprint density at radius 2 is 1.63 bits per heavy atom. The largest absolute Gasteiger partial charge is 0.320 e. The molecule has 0 saturated heterocycles. The normalized spacial score (nSPS) is 12.5. The van der Waals surface area contributed by atoms with Crippen LogP contribution < -0.4 is 5.73 Å². The number of nitrogens with two attached hydrogens (primary N) is 1. The van der Waals surface area contributed by atoms with Gasteiger partial charge in [0.15, 0.2) is 0 Å². The maximum atomic E-state index is 14.1. The van der Waals surface area contributed by atoms with E-state index in [2.05, 4.69) is 0 Å². The van der Waals surface area contributed by atoms with E-state index in [9.17, 15) is 8.78 Å². The highest BCUT2D eigenvalue weighted by Gasteiger charge is 2.21. The SMILES string of the molecule is Cc1ccc(C(N)c2c(F)ccc(C)c2F)c(C)c1. The van der Waals surface area contributed by atoms with Crippen LogP contribution >= 0.6 is 0 Å². The maximum absolute atomic E-state index is 14.1. The molecule has 100 valence electrons. The number of benzene rings is 2. The lowest BCUT2D eigenvalue weighted by atomic mass is 9.93. The molecule has 0 spiro atoms. The van der Waals surface area contributed by atoms with E-state index in [0.717, 1.165) is 16.7 Å². The molecule has 2 aromatic carbocycles. The van der Waals surface area contributed by atoms with Crippen LogP contribution in [0.15, 0.2) is 30.3 Å². The van der Waals surface area contributed by atoms with Gasteiger partial charge in [-0.05, 0) is 43.5 Å². The number of hydrogen-bond acceptors (Lipinski definition) is 1. The molecule has 0 fully saturated rings. The average molecular weight is 261 g/mol. The summed E-state index contributed by atoms with van der Waals surface area (Å²) in [4.78, 5) is 0. The highest BCUT2D eigenvalue weighted by molar-refractivity contribution is 5.40. The van der Waals surface area contributed by atoms with E-state index in [1.807, 2.05) is 32.0 Å². The fourth-order valence-corrected chi connectivity index (χ4v) is 2.29. The first-order valence-electron chi connectivity index (χ1n) is 6.19. The van der Waals surface area contributed by atoms with Crippen molar-refractivity contribution in [3.8, 4) is 0 Å². The predicted octanol–water partition coefficient (Wildman–Crippen LogP) is 3.94. The lowest BCUT2D eigenvalue weighted by Crippen LogP contribution is -2.17. The number of halogens is 2. The second kappa shape index (κ2) is 5.10. The summed E-state index contributed by atoms with van der Waals surface area (Å²) < 4.78 is 27.9. The first kappa shape index (κ1) is 13.7. The molecule has 1 nitrogen and oxygen atoms in total. The molecule has 1 atom stereocenters. The summed E-state index contributed by atoms with van der Waals surface area (Å²) >= 11 is 0. The van der Waals surface area contributed by atoms with Crippen molar-refractivity contribution in [2.45, 2.75) is 26.8 Å². The van der Waals surface area contributed by atoms with Crippen LogP contribution in [-0.4, -0.2) is 0 Å². The van der Waals surface area contributed by atoms with Crippen molar-refractivity contribution in [1.82, 2.24) is 0 Å². The van der Waals surface area contributed by atoms with E-state index in [4.69, 9.17) is 5.73 Å². The van der Waals surface area contributed by atoms with Gasteiger partial charge in [0.25, 0.3) is 0 Å². The molecule has 3 heteroatoms. The highest BCUT2D eigenvalue weighted by Crippen LogP contribution is 2.28. The highest BCUT2D eigenvalue weighted by atomic mass is 19.1. The van der Waals surface area contributed by atoms with Crippen LogP contribution in [0.2, 0.25) is 0 Å². The second-order valence-electron chi connectivity index (χ2n) is 4.93. The van der Waals surface area contributed by atoms with E-state index in [-0.39, 0.29) is 5.56 Å². The Kier molecular flexibility index (Phi) is 3.67. The van der Waals surface area contributed by atoms with Gasteiger partial charge in [-0.25, -0.2) is 8.78 Å². The summed E-state index contributed by atoms with van der Waals surface area (Å²) in [6.45, 7) is 5.47. The Bertz CT molecular complexity index is 620. The molecule has 0 amide bonds. The minimum Gasteiger partial charge on any atom is -0.320 e. The van der Waals surface area contributed by atoms with Crippen LogP contribution in [0.5, 0.6) is 0 Å². The van der Waals surface area contributed by atoms with Gasteiger partial charge in [-0.3, -0.25) is 0 Å². The van der Waals surface area contributed by atoms with Gasteiger partial charge in [-0.2, -0.15) is 0 Å². The Hall–Kier alpha value is -1.74. The van der Waals surface area contributed by atoms with Gasteiger partial charge in [-0.15, -0.1) is 0 Å². The summed E-state index contributed by atoms with van der Waals surface area (Å²) in [5, 5.41) is 0. The van der Waals surface area contributed by atoms with E-state index in [1.54, 1.807) is 6.92 Å². The molecule has 0 radical (unpaired) electrons. The van der Waals surface area contributed by atoms with E-state index in [1.165, 1.54) is 12.1 Å². The molecular formula is C16H17F2N. The van der Waals surface area contributed by atoms with Gasteiger partial charge in [0.05, 0.1) is 6.04 Å². The summed E-state index contributed by atoms with van der Waals surface area (Å²) in [6.07, 6.45) is 0. The van der Waals surface area contributed by atoms with Crippen LogP contribution in [0.4, 0.5) is 8.78 Å². The zero-order valence-corrected chi connectivity index (χ0v) is 11.3. The predicted molar refractivity (Wildman–Crippen MR) is 73.0 cm³/mol. The Morgan fingerprint density at radius 3 is 2.26 bits per heavy atom. The van der Waals surface area contributed by atoms with Crippen molar-refractivity contribution in [3.63, 3.8) is 0 Å². The molecular weight excluding hydrogens is 244 g/mol. The van der Waals surface area contributed by atoms with Crippen LogP contribution in [0.3, 0.4) is 0 Å². The van der Waals surface area contributed by atoms with E-state index in [0.29, 0.717) is 5.56 Å². The molecule has 19 heavy (non-hydrogen) atoms. The molecule has 2 aromatic rings. The summed E-state index contributed by atoms with van der Waals surface area (Å²) in [6, 6.07) is 7.58. The first-order chi connectivity index (χ1) is 8.91. The van der Waals surface area contributed by atoms with Crippen molar-refractivity contribution >= 4 is 0 Å². The minimum absolute atomic E-state index is 0.0630. The van der Waals surface area contributed by atoms with Gasteiger partial charge >= 0.3 is 0 Å². The van der Waals surface area contributed by atoms with Gasteiger partial charge in [0, 0.05) is 5.56 Å². The van der Waals surface area contributed by atoms with Crippen LogP contribution in [-0.2, 0) is 0 Å². The number of rotatable bonds is 2. The topological polar surface area (TPSA) is 26.0 Å². The van der Waals surface area contributed by atoms with Gasteiger partial charge in [0.1, 0.15) is 11.6 Å². The van der Waals surface area contributed by atoms with Crippen molar-refractivity contribution < 1.29 is 8.78 Å².